The molecule has 0 saturated carbocycles. The van der Waals surface area contributed by atoms with Gasteiger partial charge in [-0.05, 0) is 41.2 Å². The topological polar surface area (TPSA) is 15.7 Å². The molecule has 3 nitrogen and oxygen atoms in total. The van der Waals surface area contributed by atoms with Crippen LogP contribution < -0.4 is 0 Å². The van der Waals surface area contributed by atoms with Crippen molar-refractivity contribution in [2.45, 2.75) is 13.0 Å². The minimum Gasteiger partial charge on any atom is -0.382 e. The van der Waals surface area contributed by atoms with E-state index in [1.54, 1.807) is 0 Å². The SMILES string of the molecule is C=C[Si](CCOCC)(N(C)C)N(C)C. The highest BCUT2D eigenvalue weighted by atomic mass is 28.3. The molecule has 0 fully saturated rings. The Balaban J connectivity index is 4.43. The van der Waals surface area contributed by atoms with Gasteiger partial charge in [0.2, 0.25) is 8.40 Å². The van der Waals surface area contributed by atoms with Gasteiger partial charge in [-0.25, -0.2) is 0 Å². The molecule has 0 aliphatic heterocycles. The molecule has 0 aromatic carbocycles. The first kappa shape index (κ1) is 13.8. The molecular weight excluding hydrogens is 192 g/mol. The molecule has 0 atom stereocenters. The minimum atomic E-state index is -1.66. The molecule has 0 unspecified atom stereocenters. The standard InChI is InChI=1S/C10H24N2OSi/c1-7-13-9-10-14(8-2,11(3)4)12(5)6/h8H,2,7,9-10H2,1,3-6H3. The van der Waals surface area contributed by atoms with Gasteiger partial charge in [-0.2, -0.15) is 0 Å². The highest BCUT2D eigenvalue weighted by Crippen LogP contribution is 2.16. The highest BCUT2D eigenvalue weighted by molar-refractivity contribution is 6.79. The number of hydrogen-bond acceptors (Lipinski definition) is 3. The average Bonchev–Trinajstić information content (AvgIpc) is 2.11. The van der Waals surface area contributed by atoms with Gasteiger partial charge in [-0.1, -0.05) is 5.70 Å². The molecule has 0 spiro atoms. The average molecular weight is 216 g/mol. The van der Waals surface area contributed by atoms with Crippen molar-refractivity contribution >= 4 is 8.40 Å². The van der Waals surface area contributed by atoms with E-state index in [1.165, 1.54) is 0 Å². The monoisotopic (exact) mass is 216 g/mol. The molecule has 0 heterocycles. The van der Waals surface area contributed by atoms with Crippen molar-refractivity contribution < 1.29 is 4.74 Å². The molecule has 0 aliphatic rings. The van der Waals surface area contributed by atoms with Crippen LogP contribution in [0.3, 0.4) is 0 Å². The predicted molar refractivity (Wildman–Crippen MR) is 64.6 cm³/mol. The van der Waals surface area contributed by atoms with Gasteiger partial charge >= 0.3 is 0 Å². The zero-order valence-corrected chi connectivity index (χ0v) is 11.2. The molecule has 0 aromatic rings. The Kier molecular flexibility index (Phi) is 6.27. The van der Waals surface area contributed by atoms with Gasteiger partial charge < -0.3 is 13.9 Å². The summed E-state index contributed by atoms with van der Waals surface area (Å²) in [4.78, 5) is 0. The van der Waals surface area contributed by atoms with E-state index in [0.29, 0.717) is 0 Å². The molecule has 0 amide bonds. The van der Waals surface area contributed by atoms with Gasteiger partial charge in [0.15, 0.2) is 0 Å². The van der Waals surface area contributed by atoms with E-state index in [9.17, 15) is 0 Å². The predicted octanol–water partition coefficient (Wildman–Crippen LogP) is 1.31. The van der Waals surface area contributed by atoms with E-state index in [1.807, 2.05) is 6.92 Å². The van der Waals surface area contributed by atoms with Crippen molar-refractivity contribution in [1.29, 1.82) is 0 Å². The van der Waals surface area contributed by atoms with E-state index >= 15 is 0 Å². The van der Waals surface area contributed by atoms with Crippen LogP contribution in [0, 0.1) is 0 Å². The van der Waals surface area contributed by atoms with Crippen molar-refractivity contribution in [2.24, 2.45) is 0 Å². The van der Waals surface area contributed by atoms with Crippen LogP contribution in [0.2, 0.25) is 6.04 Å². The Morgan fingerprint density at radius 3 is 2.00 bits per heavy atom. The Morgan fingerprint density at radius 2 is 1.71 bits per heavy atom. The quantitative estimate of drug-likeness (QED) is 0.471. The zero-order valence-electron chi connectivity index (χ0n) is 10.2. The Labute approximate surface area is 89.5 Å². The number of hydrogen-bond donors (Lipinski definition) is 0. The maximum atomic E-state index is 5.42. The van der Waals surface area contributed by atoms with Gasteiger partial charge in [-0.3, -0.25) is 0 Å². The fourth-order valence-corrected chi connectivity index (χ4v) is 4.75. The fraction of sp³-hybridized carbons (Fsp3) is 0.800. The first-order chi connectivity index (χ1) is 6.51. The number of nitrogens with zero attached hydrogens (tertiary/aromatic N) is 2. The van der Waals surface area contributed by atoms with Crippen LogP contribution in [-0.2, 0) is 4.74 Å². The summed E-state index contributed by atoms with van der Waals surface area (Å²) in [5.41, 5.74) is 2.12. The summed E-state index contributed by atoms with van der Waals surface area (Å²) in [5.74, 6) is 0. The van der Waals surface area contributed by atoms with E-state index < -0.39 is 8.40 Å². The van der Waals surface area contributed by atoms with Crippen molar-refractivity contribution in [3.05, 3.63) is 12.3 Å². The second-order valence-corrected chi connectivity index (χ2v) is 8.27. The van der Waals surface area contributed by atoms with E-state index in [0.717, 1.165) is 19.3 Å². The van der Waals surface area contributed by atoms with E-state index in [4.69, 9.17) is 4.74 Å². The Morgan fingerprint density at radius 1 is 1.21 bits per heavy atom. The van der Waals surface area contributed by atoms with Gasteiger partial charge in [0.1, 0.15) is 0 Å². The molecule has 0 rings (SSSR count). The second kappa shape index (κ2) is 6.34. The van der Waals surface area contributed by atoms with E-state index in [2.05, 4.69) is 49.6 Å². The van der Waals surface area contributed by atoms with Gasteiger partial charge in [0, 0.05) is 13.2 Å². The highest BCUT2D eigenvalue weighted by Gasteiger charge is 2.35. The van der Waals surface area contributed by atoms with Crippen molar-refractivity contribution in [2.75, 3.05) is 41.4 Å². The molecule has 0 N–H and O–H groups in total. The normalized spacial score (nSPS) is 12.5. The summed E-state index contributed by atoms with van der Waals surface area (Å²) in [6, 6.07) is 1.07. The summed E-state index contributed by atoms with van der Waals surface area (Å²) in [5, 5.41) is 0. The van der Waals surface area contributed by atoms with Crippen LogP contribution in [0.1, 0.15) is 6.92 Å². The van der Waals surface area contributed by atoms with Crippen LogP contribution in [0.5, 0.6) is 0 Å². The first-order valence-electron chi connectivity index (χ1n) is 5.07. The van der Waals surface area contributed by atoms with Crippen LogP contribution in [0.15, 0.2) is 12.3 Å². The lowest BCUT2D eigenvalue weighted by Crippen LogP contribution is -2.59. The maximum Gasteiger partial charge on any atom is 0.233 e. The van der Waals surface area contributed by atoms with Crippen molar-refractivity contribution in [3.63, 3.8) is 0 Å². The van der Waals surface area contributed by atoms with Crippen LogP contribution in [-0.4, -0.2) is 58.9 Å². The Hall–Kier alpha value is -0.163. The zero-order chi connectivity index (χ0) is 11.2. The lowest BCUT2D eigenvalue weighted by Gasteiger charge is -2.40. The number of ether oxygens (including phenoxy) is 1. The third kappa shape index (κ3) is 3.20. The smallest absolute Gasteiger partial charge is 0.233 e. The van der Waals surface area contributed by atoms with E-state index in [-0.39, 0.29) is 0 Å². The van der Waals surface area contributed by atoms with Crippen molar-refractivity contribution in [3.8, 4) is 0 Å². The lowest BCUT2D eigenvalue weighted by atomic mass is 10.8. The van der Waals surface area contributed by atoms with Crippen molar-refractivity contribution in [1.82, 2.24) is 9.13 Å². The van der Waals surface area contributed by atoms with Gasteiger partial charge in [-0.15, -0.1) is 6.58 Å². The second-order valence-electron chi connectivity index (χ2n) is 3.82. The first-order valence-corrected chi connectivity index (χ1v) is 7.25. The molecule has 4 heteroatoms. The molecule has 0 saturated heterocycles. The molecule has 84 valence electrons. The molecule has 0 aliphatic carbocycles. The Bertz CT molecular complexity index is 164. The summed E-state index contributed by atoms with van der Waals surface area (Å²) in [6.07, 6.45) is 0. The molecular formula is C10H24N2OSi. The molecule has 0 aromatic heterocycles. The number of rotatable bonds is 7. The summed E-state index contributed by atoms with van der Waals surface area (Å²) >= 11 is 0. The summed E-state index contributed by atoms with van der Waals surface area (Å²) < 4.78 is 10.0. The van der Waals surface area contributed by atoms with Crippen LogP contribution in [0.4, 0.5) is 0 Å². The van der Waals surface area contributed by atoms with Crippen LogP contribution >= 0.6 is 0 Å². The summed E-state index contributed by atoms with van der Waals surface area (Å²) in [7, 11) is 6.84. The molecule has 0 bridgehead atoms. The van der Waals surface area contributed by atoms with Crippen LogP contribution in [0.25, 0.3) is 0 Å². The third-order valence-electron chi connectivity index (χ3n) is 2.69. The largest absolute Gasteiger partial charge is 0.382 e. The summed E-state index contributed by atoms with van der Waals surface area (Å²) in [6.45, 7) is 7.63. The molecule has 0 radical (unpaired) electrons. The minimum absolute atomic E-state index is 0.794. The maximum absolute atomic E-state index is 5.42. The lowest BCUT2D eigenvalue weighted by molar-refractivity contribution is 0.158. The van der Waals surface area contributed by atoms with Gasteiger partial charge in [0.25, 0.3) is 0 Å². The fourth-order valence-electron chi connectivity index (χ4n) is 1.68. The molecule has 14 heavy (non-hydrogen) atoms. The van der Waals surface area contributed by atoms with Gasteiger partial charge in [0.05, 0.1) is 0 Å². The third-order valence-corrected chi connectivity index (χ3v) is 7.39.